The molecule has 0 spiro atoms. The third-order valence-corrected chi connectivity index (χ3v) is 3.08. The van der Waals surface area contributed by atoms with Crippen molar-refractivity contribution in [3.05, 3.63) is 28.7 Å². The average Bonchev–Trinajstić information content (AvgIpc) is 2.40. The predicted octanol–water partition coefficient (Wildman–Crippen LogP) is 2.59. The van der Waals surface area contributed by atoms with Crippen molar-refractivity contribution in [3.8, 4) is 5.75 Å². The second kappa shape index (κ2) is 9.36. The van der Waals surface area contributed by atoms with Crippen LogP contribution in [0.2, 0.25) is 0 Å². The van der Waals surface area contributed by atoms with Crippen LogP contribution in [0.4, 0.5) is 0 Å². The Hall–Kier alpha value is -1.56. The number of carboxylic acids is 1. The van der Waals surface area contributed by atoms with Crippen molar-refractivity contribution in [3.63, 3.8) is 0 Å². The number of unbranched alkanes of at least 4 members (excludes halogenated alkanes) is 1. The minimum Gasteiger partial charge on any atom is -0.493 e. The van der Waals surface area contributed by atoms with E-state index in [0.717, 1.165) is 10.2 Å². The summed E-state index contributed by atoms with van der Waals surface area (Å²) in [5.74, 6) is -0.167. The molecule has 0 bridgehead atoms. The zero-order chi connectivity index (χ0) is 14.8. The van der Waals surface area contributed by atoms with Crippen LogP contribution in [0.5, 0.6) is 5.75 Å². The second-order valence-electron chi connectivity index (χ2n) is 4.25. The minimum atomic E-state index is -0.806. The van der Waals surface area contributed by atoms with Crippen LogP contribution >= 0.6 is 15.9 Å². The van der Waals surface area contributed by atoms with Gasteiger partial charge >= 0.3 is 5.97 Å². The molecule has 1 rings (SSSR count). The van der Waals surface area contributed by atoms with Crippen LogP contribution in [-0.4, -0.2) is 30.1 Å². The van der Waals surface area contributed by atoms with Gasteiger partial charge in [0.2, 0.25) is 5.91 Å². The maximum absolute atomic E-state index is 11.5. The molecule has 0 aliphatic heterocycles. The summed E-state index contributed by atoms with van der Waals surface area (Å²) >= 11 is 3.33. The summed E-state index contributed by atoms with van der Waals surface area (Å²) in [6.45, 7) is 0.826. The lowest BCUT2D eigenvalue weighted by atomic mass is 10.2. The molecule has 0 saturated heterocycles. The van der Waals surface area contributed by atoms with E-state index < -0.39 is 5.97 Å². The first-order valence-electron chi connectivity index (χ1n) is 6.45. The molecule has 0 fully saturated rings. The summed E-state index contributed by atoms with van der Waals surface area (Å²) in [7, 11) is 0. The summed E-state index contributed by atoms with van der Waals surface area (Å²) in [6, 6.07) is 7.40. The molecule has 1 aromatic rings. The van der Waals surface area contributed by atoms with Gasteiger partial charge in [-0.1, -0.05) is 15.9 Å². The van der Waals surface area contributed by atoms with Gasteiger partial charge in [-0.25, -0.2) is 0 Å². The molecule has 2 N–H and O–H groups in total. The first kappa shape index (κ1) is 16.5. The molecule has 0 unspecified atom stereocenters. The number of carboxylic acid groups (broad SMARTS) is 1. The molecule has 6 heteroatoms. The standard InChI is InChI=1S/C14H18BrNO4/c15-11-4-6-12(7-5-11)20-10-8-13(17)16-9-2-1-3-14(18)19/h4-7H,1-3,8-10H2,(H,16,17)(H,18,19). The highest BCUT2D eigenvalue weighted by molar-refractivity contribution is 9.10. The molecule has 0 saturated carbocycles. The molecule has 0 heterocycles. The number of nitrogens with one attached hydrogen (secondary N) is 1. The van der Waals surface area contributed by atoms with E-state index in [-0.39, 0.29) is 18.7 Å². The summed E-state index contributed by atoms with van der Waals surface area (Å²) in [5.41, 5.74) is 0. The Labute approximate surface area is 126 Å². The number of benzene rings is 1. The van der Waals surface area contributed by atoms with Crippen molar-refractivity contribution < 1.29 is 19.4 Å². The second-order valence-corrected chi connectivity index (χ2v) is 5.17. The third kappa shape index (κ3) is 7.78. The topological polar surface area (TPSA) is 75.6 Å². The fourth-order valence-corrected chi connectivity index (χ4v) is 1.77. The number of carbonyl (C=O) groups excluding carboxylic acids is 1. The molecule has 0 radical (unpaired) electrons. The normalized spacial score (nSPS) is 10.1. The fourth-order valence-electron chi connectivity index (χ4n) is 1.51. The quantitative estimate of drug-likeness (QED) is 0.675. The number of amides is 1. The molecule has 110 valence electrons. The van der Waals surface area contributed by atoms with E-state index in [0.29, 0.717) is 26.0 Å². The van der Waals surface area contributed by atoms with Gasteiger partial charge in [0.05, 0.1) is 13.0 Å². The van der Waals surface area contributed by atoms with Gasteiger partial charge in [-0.15, -0.1) is 0 Å². The maximum Gasteiger partial charge on any atom is 0.303 e. The Kier molecular flexibility index (Phi) is 7.72. The van der Waals surface area contributed by atoms with Gasteiger partial charge in [0, 0.05) is 17.4 Å². The summed E-state index contributed by atoms with van der Waals surface area (Å²) in [4.78, 5) is 21.8. The van der Waals surface area contributed by atoms with E-state index in [4.69, 9.17) is 9.84 Å². The van der Waals surface area contributed by atoms with Crippen molar-refractivity contribution in [1.82, 2.24) is 5.32 Å². The third-order valence-electron chi connectivity index (χ3n) is 2.55. The van der Waals surface area contributed by atoms with Crippen LogP contribution in [0.1, 0.15) is 25.7 Å². The lowest BCUT2D eigenvalue weighted by molar-refractivity contribution is -0.137. The first-order chi connectivity index (χ1) is 9.58. The fraction of sp³-hybridized carbons (Fsp3) is 0.429. The van der Waals surface area contributed by atoms with Crippen LogP contribution in [0.15, 0.2) is 28.7 Å². The lowest BCUT2D eigenvalue weighted by Gasteiger charge is -2.07. The van der Waals surface area contributed by atoms with E-state index >= 15 is 0 Å². The van der Waals surface area contributed by atoms with Crippen molar-refractivity contribution in [2.24, 2.45) is 0 Å². The van der Waals surface area contributed by atoms with Crippen LogP contribution in [-0.2, 0) is 9.59 Å². The van der Waals surface area contributed by atoms with Gasteiger partial charge in [-0.3, -0.25) is 9.59 Å². The van der Waals surface area contributed by atoms with Crippen LogP contribution in [0, 0.1) is 0 Å². The zero-order valence-electron chi connectivity index (χ0n) is 11.1. The molecule has 0 aromatic heterocycles. The van der Waals surface area contributed by atoms with Crippen molar-refractivity contribution in [1.29, 1.82) is 0 Å². The number of hydrogen-bond acceptors (Lipinski definition) is 3. The maximum atomic E-state index is 11.5. The van der Waals surface area contributed by atoms with E-state index in [9.17, 15) is 9.59 Å². The minimum absolute atomic E-state index is 0.0857. The van der Waals surface area contributed by atoms with Gasteiger partial charge in [-0.05, 0) is 37.1 Å². The lowest BCUT2D eigenvalue weighted by Crippen LogP contribution is -2.26. The smallest absolute Gasteiger partial charge is 0.303 e. The van der Waals surface area contributed by atoms with E-state index in [1.807, 2.05) is 24.3 Å². The summed E-state index contributed by atoms with van der Waals surface area (Å²) < 4.78 is 6.41. The van der Waals surface area contributed by atoms with Crippen LogP contribution in [0.3, 0.4) is 0 Å². The van der Waals surface area contributed by atoms with Crippen molar-refractivity contribution in [2.45, 2.75) is 25.7 Å². The molecule has 0 atom stereocenters. The van der Waals surface area contributed by atoms with Crippen molar-refractivity contribution >= 4 is 27.8 Å². The molecule has 1 aromatic carbocycles. The number of halogens is 1. The molecular formula is C14H18BrNO4. The molecule has 0 aliphatic carbocycles. The van der Waals surface area contributed by atoms with E-state index in [2.05, 4.69) is 21.2 Å². The zero-order valence-corrected chi connectivity index (χ0v) is 12.7. The summed E-state index contributed by atoms with van der Waals surface area (Å²) in [6.07, 6.45) is 1.67. The number of carbonyl (C=O) groups is 2. The molecule has 5 nitrogen and oxygen atoms in total. The van der Waals surface area contributed by atoms with Gasteiger partial charge in [-0.2, -0.15) is 0 Å². The monoisotopic (exact) mass is 343 g/mol. The molecule has 1 amide bonds. The summed E-state index contributed by atoms with van der Waals surface area (Å²) in [5, 5.41) is 11.2. The average molecular weight is 344 g/mol. The Morgan fingerprint density at radius 2 is 1.85 bits per heavy atom. The predicted molar refractivity (Wildman–Crippen MR) is 78.8 cm³/mol. The number of ether oxygens (including phenoxy) is 1. The van der Waals surface area contributed by atoms with Crippen LogP contribution in [0.25, 0.3) is 0 Å². The Bertz CT molecular complexity index is 433. The highest BCUT2D eigenvalue weighted by Crippen LogP contribution is 2.16. The van der Waals surface area contributed by atoms with E-state index in [1.165, 1.54) is 0 Å². The highest BCUT2D eigenvalue weighted by atomic mass is 79.9. The number of rotatable bonds is 9. The molecule has 0 aliphatic rings. The van der Waals surface area contributed by atoms with E-state index in [1.54, 1.807) is 0 Å². The van der Waals surface area contributed by atoms with Gasteiger partial charge in [0.15, 0.2) is 0 Å². The van der Waals surface area contributed by atoms with Crippen LogP contribution < -0.4 is 10.1 Å². The van der Waals surface area contributed by atoms with Gasteiger partial charge in [0.25, 0.3) is 0 Å². The Morgan fingerprint density at radius 3 is 2.50 bits per heavy atom. The Morgan fingerprint density at radius 1 is 1.15 bits per heavy atom. The van der Waals surface area contributed by atoms with Gasteiger partial charge < -0.3 is 15.2 Å². The SMILES string of the molecule is O=C(O)CCCCNC(=O)CCOc1ccc(Br)cc1. The molecule has 20 heavy (non-hydrogen) atoms. The van der Waals surface area contributed by atoms with Gasteiger partial charge in [0.1, 0.15) is 5.75 Å². The molecular weight excluding hydrogens is 326 g/mol. The number of aliphatic carboxylic acids is 1. The Balaban J connectivity index is 2.05. The first-order valence-corrected chi connectivity index (χ1v) is 7.24. The largest absolute Gasteiger partial charge is 0.493 e. The highest BCUT2D eigenvalue weighted by Gasteiger charge is 2.02. The number of hydrogen-bond donors (Lipinski definition) is 2. The van der Waals surface area contributed by atoms with Crippen molar-refractivity contribution in [2.75, 3.05) is 13.2 Å².